The summed E-state index contributed by atoms with van der Waals surface area (Å²) >= 11 is 0. The molecule has 9 heteroatoms. The lowest BCUT2D eigenvalue weighted by Gasteiger charge is -2.48. The SMILES string of the molecule is NCc1ccc(-c2ccc(O)c3c2C[C@H]2C[C@H]4CC(=O)C(C(N)=O)C(=O)[C@@]4(O)C(=O)C2C3=O)cc1. The van der Waals surface area contributed by atoms with Crippen molar-refractivity contribution in [3.05, 3.63) is 53.1 Å². The van der Waals surface area contributed by atoms with E-state index in [9.17, 15) is 34.2 Å². The first kappa shape index (κ1) is 23.1. The first-order valence-corrected chi connectivity index (χ1v) is 11.4. The smallest absolute Gasteiger partial charge is 0.235 e. The van der Waals surface area contributed by atoms with Crippen LogP contribution < -0.4 is 11.5 Å². The third-order valence-corrected chi connectivity index (χ3v) is 7.79. The van der Waals surface area contributed by atoms with Crippen molar-refractivity contribution in [3.8, 4) is 16.9 Å². The first-order chi connectivity index (χ1) is 16.6. The molecule has 35 heavy (non-hydrogen) atoms. The molecule has 2 aromatic carbocycles. The van der Waals surface area contributed by atoms with Crippen LogP contribution >= 0.6 is 0 Å². The Hall–Kier alpha value is -3.69. The molecule has 0 heterocycles. The van der Waals surface area contributed by atoms with Crippen LogP contribution in [-0.4, -0.2) is 44.9 Å². The second kappa shape index (κ2) is 7.93. The number of nitrogens with two attached hydrogens (primary N) is 2. The van der Waals surface area contributed by atoms with Gasteiger partial charge in [-0.15, -0.1) is 0 Å². The van der Waals surface area contributed by atoms with E-state index in [1.807, 2.05) is 24.3 Å². The second-order valence-electron chi connectivity index (χ2n) is 9.63. The molecule has 0 spiro atoms. The number of ketones is 4. The van der Waals surface area contributed by atoms with Gasteiger partial charge >= 0.3 is 0 Å². The van der Waals surface area contributed by atoms with Crippen molar-refractivity contribution in [3.63, 3.8) is 0 Å². The summed E-state index contributed by atoms with van der Waals surface area (Å²) in [5, 5.41) is 21.8. The van der Waals surface area contributed by atoms with Gasteiger partial charge in [0.1, 0.15) is 5.75 Å². The van der Waals surface area contributed by atoms with Crippen LogP contribution in [0.5, 0.6) is 5.75 Å². The van der Waals surface area contributed by atoms with Gasteiger partial charge in [-0.05, 0) is 47.1 Å². The predicted octanol–water partition coefficient (Wildman–Crippen LogP) is 0.453. The number of fused-ring (bicyclic) bond motifs is 3. The zero-order chi connectivity index (χ0) is 25.2. The van der Waals surface area contributed by atoms with Crippen molar-refractivity contribution in [2.75, 3.05) is 0 Å². The number of amides is 1. The number of benzene rings is 2. The largest absolute Gasteiger partial charge is 0.507 e. The van der Waals surface area contributed by atoms with Crippen LogP contribution in [0, 0.1) is 23.7 Å². The molecule has 0 radical (unpaired) electrons. The van der Waals surface area contributed by atoms with Gasteiger partial charge in [-0.1, -0.05) is 30.3 Å². The van der Waals surface area contributed by atoms with Gasteiger partial charge in [0, 0.05) is 18.9 Å². The minimum atomic E-state index is -2.65. The van der Waals surface area contributed by atoms with Gasteiger partial charge in [0.2, 0.25) is 5.91 Å². The lowest BCUT2D eigenvalue weighted by Crippen LogP contribution is -2.68. The first-order valence-electron chi connectivity index (χ1n) is 11.4. The molecule has 2 unspecified atom stereocenters. The molecule has 0 saturated heterocycles. The zero-order valence-corrected chi connectivity index (χ0v) is 18.7. The predicted molar refractivity (Wildman–Crippen MR) is 122 cm³/mol. The second-order valence-corrected chi connectivity index (χ2v) is 9.63. The lowest BCUT2D eigenvalue weighted by molar-refractivity contribution is -0.175. The summed E-state index contributed by atoms with van der Waals surface area (Å²) in [6.07, 6.45) is -0.0738. The highest BCUT2D eigenvalue weighted by Gasteiger charge is 2.66. The zero-order valence-electron chi connectivity index (χ0n) is 18.7. The Morgan fingerprint density at radius 2 is 1.69 bits per heavy atom. The number of Topliss-reactive ketones (excluding diaryl/α,β-unsaturated/α-hetero) is 4. The molecule has 6 N–H and O–H groups in total. The van der Waals surface area contributed by atoms with E-state index in [1.54, 1.807) is 6.07 Å². The Labute approximate surface area is 200 Å². The van der Waals surface area contributed by atoms with E-state index in [-0.39, 0.29) is 30.6 Å². The standard InChI is InChI=1S/C26H24N2O7/c27-10-11-1-3-12(4-2-11)15-5-6-17(29)20-16(15)8-13-7-14-9-18(30)21(25(28)34)24(33)26(14,35)23(32)19(13)22(20)31/h1-6,13-14,19,21,29,35H,7-10,27H2,(H2,28,34)/t13-,14+,19?,21?,26+/m1/s1. The fourth-order valence-electron chi connectivity index (χ4n) is 6.06. The summed E-state index contributed by atoms with van der Waals surface area (Å²) in [7, 11) is 0. The summed E-state index contributed by atoms with van der Waals surface area (Å²) in [4.78, 5) is 64.2. The number of carbonyl (C=O) groups is 5. The van der Waals surface area contributed by atoms with Crippen LogP contribution in [0.3, 0.4) is 0 Å². The van der Waals surface area contributed by atoms with E-state index < -0.39 is 58.3 Å². The Balaban J connectivity index is 1.60. The Morgan fingerprint density at radius 3 is 2.31 bits per heavy atom. The molecule has 5 atom stereocenters. The normalized spacial score (nSPS) is 29.9. The van der Waals surface area contributed by atoms with Crippen LogP contribution in [0.2, 0.25) is 0 Å². The Kier molecular flexibility index (Phi) is 5.23. The molecule has 2 saturated carbocycles. The number of hydrogen-bond donors (Lipinski definition) is 4. The van der Waals surface area contributed by atoms with Crippen LogP contribution in [-0.2, 0) is 32.1 Å². The molecule has 0 bridgehead atoms. The molecule has 2 fully saturated rings. The van der Waals surface area contributed by atoms with Gasteiger partial charge in [-0.3, -0.25) is 24.0 Å². The minimum absolute atomic E-state index is 0.0205. The van der Waals surface area contributed by atoms with E-state index in [0.29, 0.717) is 17.7 Å². The van der Waals surface area contributed by atoms with Crippen molar-refractivity contribution in [2.45, 2.75) is 31.4 Å². The molecule has 3 aliphatic rings. The molecule has 3 aliphatic carbocycles. The Bertz CT molecular complexity index is 1320. The minimum Gasteiger partial charge on any atom is -0.507 e. The van der Waals surface area contributed by atoms with Gasteiger partial charge in [-0.2, -0.15) is 0 Å². The molecule has 1 amide bonds. The number of primary amides is 1. The molecular weight excluding hydrogens is 452 g/mol. The molecular formula is C26H24N2O7. The number of rotatable bonds is 3. The quantitative estimate of drug-likeness (QED) is 0.461. The van der Waals surface area contributed by atoms with Crippen molar-refractivity contribution in [2.24, 2.45) is 35.1 Å². The highest BCUT2D eigenvalue weighted by atomic mass is 16.3. The molecule has 0 aromatic heterocycles. The lowest BCUT2D eigenvalue weighted by atomic mass is 9.53. The molecule has 0 aliphatic heterocycles. The molecule has 9 nitrogen and oxygen atoms in total. The van der Waals surface area contributed by atoms with E-state index in [2.05, 4.69) is 0 Å². The van der Waals surface area contributed by atoms with Gasteiger partial charge < -0.3 is 21.7 Å². The van der Waals surface area contributed by atoms with E-state index in [0.717, 1.165) is 11.1 Å². The van der Waals surface area contributed by atoms with E-state index >= 15 is 0 Å². The number of aromatic hydroxyl groups is 1. The van der Waals surface area contributed by atoms with Crippen LogP contribution in [0.4, 0.5) is 0 Å². The molecule has 2 aromatic rings. The number of phenols is 1. The van der Waals surface area contributed by atoms with Crippen molar-refractivity contribution in [1.29, 1.82) is 0 Å². The maximum atomic E-state index is 13.6. The molecule has 5 rings (SSSR count). The fraction of sp³-hybridized carbons (Fsp3) is 0.346. The fourth-order valence-corrected chi connectivity index (χ4v) is 6.06. The summed E-state index contributed by atoms with van der Waals surface area (Å²) in [6.45, 7) is 0.372. The number of carbonyl (C=O) groups excluding carboxylic acids is 5. The summed E-state index contributed by atoms with van der Waals surface area (Å²) in [5.74, 6) is -10.2. The van der Waals surface area contributed by atoms with Gasteiger partial charge in [-0.25, -0.2) is 0 Å². The number of hydrogen-bond acceptors (Lipinski definition) is 8. The van der Waals surface area contributed by atoms with Crippen molar-refractivity contribution >= 4 is 29.0 Å². The Morgan fingerprint density at radius 1 is 1.00 bits per heavy atom. The highest BCUT2D eigenvalue weighted by Crippen LogP contribution is 2.51. The third-order valence-electron chi connectivity index (χ3n) is 7.79. The van der Waals surface area contributed by atoms with E-state index in [1.165, 1.54) is 6.07 Å². The van der Waals surface area contributed by atoms with E-state index in [4.69, 9.17) is 11.5 Å². The average molecular weight is 476 g/mol. The highest BCUT2D eigenvalue weighted by molar-refractivity contribution is 6.31. The maximum absolute atomic E-state index is 13.6. The topological polar surface area (TPSA) is 178 Å². The van der Waals surface area contributed by atoms with Crippen LogP contribution in [0.1, 0.15) is 34.3 Å². The average Bonchev–Trinajstić information content (AvgIpc) is 2.81. The van der Waals surface area contributed by atoms with Crippen LogP contribution in [0.15, 0.2) is 36.4 Å². The van der Waals surface area contributed by atoms with Crippen molar-refractivity contribution in [1.82, 2.24) is 0 Å². The summed E-state index contributed by atoms with van der Waals surface area (Å²) < 4.78 is 0. The molecule has 180 valence electrons. The third kappa shape index (κ3) is 3.19. The number of phenolic OH excluding ortho intramolecular Hbond substituents is 1. The summed E-state index contributed by atoms with van der Waals surface area (Å²) in [5.41, 5.74) is 11.2. The summed E-state index contributed by atoms with van der Waals surface area (Å²) in [6, 6.07) is 10.5. The monoisotopic (exact) mass is 476 g/mol. The van der Waals surface area contributed by atoms with Gasteiger partial charge in [0.05, 0.1) is 11.5 Å². The van der Waals surface area contributed by atoms with Gasteiger partial charge in [0.25, 0.3) is 0 Å². The van der Waals surface area contributed by atoms with Gasteiger partial charge in [0.15, 0.2) is 34.7 Å². The van der Waals surface area contributed by atoms with Crippen molar-refractivity contribution < 1.29 is 34.2 Å². The maximum Gasteiger partial charge on any atom is 0.235 e. The van der Waals surface area contributed by atoms with Crippen LogP contribution in [0.25, 0.3) is 11.1 Å². The number of aliphatic hydroxyl groups is 1.